The van der Waals surface area contributed by atoms with Crippen LogP contribution < -0.4 is 0 Å². The minimum atomic E-state index is 0.115. The van der Waals surface area contributed by atoms with Gasteiger partial charge in [-0.05, 0) is 18.2 Å². The Bertz CT molecular complexity index is 3240. The van der Waals surface area contributed by atoms with Crippen molar-refractivity contribution < 1.29 is 0 Å². The fourth-order valence-corrected chi connectivity index (χ4v) is 10.0. The third-order valence-corrected chi connectivity index (χ3v) is 12.9. The van der Waals surface area contributed by atoms with E-state index in [1.54, 1.807) is 0 Å². The summed E-state index contributed by atoms with van der Waals surface area (Å²) in [5, 5.41) is 4.88. The molecule has 0 amide bonds. The number of fused-ring (bicyclic) bond motifs is 6. The van der Waals surface area contributed by atoms with E-state index in [-0.39, 0.29) is 14.5 Å². The topological polar surface area (TPSA) is 56.5 Å². The third kappa shape index (κ3) is 5.63. The molecule has 5 nitrogen and oxygen atoms in total. The van der Waals surface area contributed by atoms with E-state index in [0.717, 1.165) is 50.1 Å². The first-order chi connectivity index (χ1) is 27.7. The molecule has 0 spiro atoms. The third-order valence-electron chi connectivity index (χ3n) is 10.5. The van der Waals surface area contributed by atoms with Gasteiger partial charge in [0.05, 0.1) is 11.0 Å². The molecule has 11 rings (SSSR count). The van der Waals surface area contributed by atoms with E-state index in [2.05, 4.69) is 174 Å². The maximum absolute atomic E-state index is 5.19. The molecule has 3 aromatic heterocycles. The minimum absolute atomic E-state index is 0.115. The molecule has 8 aromatic carbocycles. The zero-order chi connectivity index (χ0) is 37.0. The number of para-hydroxylation sites is 2. The van der Waals surface area contributed by atoms with Crippen molar-refractivity contribution in [2.75, 3.05) is 0 Å². The predicted molar refractivity (Wildman–Crippen MR) is 231 cm³/mol. The van der Waals surface area contributed by atoms with Gasteiger partial charge in [-0.15, -0.1) is 0 Å². The summed E-state index contributed by atoms with van der Waals surface area (Å²) in [4.78, 5) is 20.4. The molecule has 0 unspecified atom stereocenters. The maximum atomic E-state index is 5.19. The Labute approximate surface area is 329 Å². The molecule has 0 saturated heterocycles. The fraction of sp³-hybridized carbons (Fsp3) is 0. The van der Waals surface area contributed by atoms with Gasteiger partial charge in [0, 0.05) is 16.5 Å². The molecular weight excluding hydrogens is 750 g/mol. The summed E-state index contributed by atoms with van der Waals surface area (Å²) in [5.41, 5.74) is 10.7. The van der Waals surface area contributed by atoms with Crippen molar-refractivity contribution in [2.24, 2.45) is 0 Å². The van der Waals surface area contributed by atoms with Crippen LogP contribution in [0, 0.1) is 0 Å². The average molecular weight is 781 g/mol. The second-order valence-corrected chi connectivity index (χ2v) is 16.0. The average Bonchev–Trinajstić information content (AvgIpc) is 3.87. The molecule has 0 aliphatic rings. The van der Waals surface area contributed by atoms with Crippen LogP contribution in [0.5, 0.6) is 0 Å². The summed E-state index contributed by atoms with van der Waals surface area (Å²) >= 11 is 0.115. The van der Waals surface area contributed by atoms with Crippen molar-refractivity contribution in [1.29, 1.82) is 0 Å². The first kappa shape index (κ1) is 32.4. The molecule has 0 atom stereocenters. The van der Waals surface area contributed by atoms with Gasteiger partial charge < -0.3 is 4.57 Å². The molecule has 56 heavy (non-hydrogen) atoms. The van der Waals surface area contributed by atoms with Crippen molar-refractivity contribution in [3.8, 4) is 61.1 Å². The number of nitrogens with zero attached hydrogens (tertiary/aromatic N) is 5. The van der Waals surface area contributed by atoms with Crippen LogP contribution in [0.1, 0.15) is 0 Å². The first-order valence-electron chi connectivity index (χ1n) is 18.6. The molecule has 0 saturated carbocycles. The van der Waals surface area contributed by atoms with Gasteiger partial charge in [0.1, 0.15) is 0 Å². The second kappa shape index (κ2) is 13.4. The molecule has 0 N–H and O–H groups in total. The summed E-state index contributed by atoms with van der Waals surface area (Å²) in [5.74, 6) is 1.89. The quantitative estimate of drug-likeness (QED) is 0.158. The molecular formula is C50H31N5Se. The van der Waals surface area contributed by atoms with Crippen LogP contribution in [0.15, 0.2) is 188 Å². The van der Waals surface area contributed by atoms with Gasteiger partial charge in [-0.2, -0.15) is 0 Å². The van der Waals surface area contributed by atoms with E-state index in [1.807, 2.05) is 18.2 Å². The van der Waals surface area contributed by atoms with E-state index in [1.165, 1.54) is 35.9 Å². The van der Waals surface area contributed by atoms with Gasteiger partial charge in [-0.25, -0.2) is 0 Å². The number of hydrogen-bond donors (Lipinski definition) is 0. The molecule has 0 bridgehead atoms. The Morgan fingerprint density at radius 3 is 1.71 bits per heavy atom. The molecule has 262 valence electrons. The molecule has 0 fully saturated rings. The first-order valence-corrected chi connectivity index (χ1v) is 20.3. The van der Waals surface area contributed by atoms with Crippen molar-refractivity contribution in [3.63, 3.8) is 0 Å². The molecule has 0 radical (unpaired) electrons. The van der Waals surface area contributed by atoms with Crippen LogP contribution in [-0.4, -0.2) is 39.0 Å². The molecule has 6 heteroatoms. The van der Waals surface area contributed by atoms with Gasteiger partial charge in [0.25, 0.3) is 0 Å². The van der Waals surface area contributed by atoms with E-state index in [4.69, 9.17) is 19.9 Å². The SMILES string of the molecule is c1ccc(-c2nc(-c3cccc(-c4ccc5ccc6nc(-c7ccccc7)[se]c6c5c4)c3)nc(-c3ccc4c5ccccc5n(-c5ccccc5)c4c3)n2)cc1. The summed E-state index contributed by atoms with van der Waals surface area (Å²) in [6, 6.07) is 66.0. The van der Waals surface area contributed by atoms with Gasteiger partial charge in [0.2, 0.25) is 0 Å². The van der Waals surface area contributed by atoms with Gasteiger partial charge >= 0.3 is 220 Å². The fourth-order valence-electron chi connectivity index (χ4n) is 7.74. The van der Waals surface area contributed by atoms with Crippen molar-refractivity contribution in [2.45, 2.75) is 0 Å². The van der Waals surface area contributed by atoms with E-state index in [9.17, 15) is 0 Å². The number of aromatic nitrogens is 5. The molecule has 0 aliphatic carbocycles. The number of benzene rings is 8. The Balaban J connectivity index is 1.05. The van der Waals surface area contributed by atoms with Crippen LogP contribution in [0.2, 0.25) is 0 Å². The number of hydrogen-bond acceptors (Lipinski definition) is 4. The van der Waals surface area contributed by atoms with Crippen LogP contribution in [0.4, 0.5) is 0 Å². The van der Waals surface area contributed by atoms with Crippen molar-refractivity contribution in [1.82, 2.24) is 24.5 Å². The summed E-state index contributed by atoms with van der Waals surface area (Å²) < 4.78 is 4.84. The standard InChI is InChI=1S/C50H31N5Se/c1-4-13-33(14-5-1)47-52-48(54-49(53-47)38-25-27-41-40-21-10-11-22-44(40)55(45(41)31-38)39-19-8-3-9-20-39)37-18-12-17-35(29-37)36-24-23-32-26-28-43-46(42(32)30-36)56-50(51-43)34-15-6-2-7-16-34/h1-31H. The van der Waals surface area contributed by atoms with Crippen molar-refractivity contribution in [3.05, 3.63) is 188 Å². The normalized spacial score (nSPS) is 11.6. The van der Waals surface area contributed by atoms with Crippen LogP contribution in [0.3, 0.4) is 0 Å². The molecule has 0 aliphatic heterocycles. The Hall–Kier alpha value is -6.98. The monoisotopic (exact) mass is 781 g/mol. The van der Waals surface area contributed by atoms with Gasteiger partial charge in [0.15, 0.2) is 0 Å². The van der Waals surface area contributed by atoms with Crippen molar-refractivity contribution >= 4 is 56.9 Å². The molecule has 11 aromatic rings. The Morgan fingerprint density at radius 1 is 0.357 bits per heavy atom. The Morgan fingerprint density at radius 2 is 0.929 bits per heavy atom. The summed E-state index contributed by atoms with van der Waals surface area (Å²) in [7, 11) is 0. The van der Waals surface area contributed by atoms with E-state index >= 15 is 0 Å². The zero-order valence-electron chi connectivity index (χ0n) is 30.0. The Kier molecular flexibility index (Phi) is 7.76. The van der Waals surface area contributed by atoms with Crippen LogP contribution in [-0.2, 0) is 0 Å². The van der Waals surface area contributed by atoms with Crippen LogP contribution in [0.25, 0.3) is 103 Å². The van der Waals surface area contributed by atoms with E-state index in [0.29, 0.717) is 17.5 Å². The minimum Gasteiger partial charge on any atom is -0.0615 e. The second-order valence-electron chi connectivity index (χ2n) is 13.9. The van der Waals surface area contributed by atoms with E-state index < -0.39 is 0 Å². The smallest absolute Gasteiger partial charge is 0.0615 e. The van der Waals surface area contributed by atoms with Gasteiger partial charge in [-0.3, -0.25) is 0 Å². The van der Waals surface area contributed by atoms with Crippen LogP contribution >= 0.6 is 0 Å². The van der Waals surface area contributed by atoms with Gasteiger partial charge in [-0.1, -0.05) is 60.7 Å². The molecule has 3 heterocycles. The summed E-state index contributed by atoms with van der Waals surface area (Å²) in [6.07, 6.45) is 0. The predicted octanol–water partition coefficient (Wildman–Crippen LogP) is 12.1. The summed E-state index contributed by atoms with van der Waals surface area (Å²) in [6.45, 7) is 0. The number of rotatable bonds is 6. The zero-order valence-corrected chi connectivity index (χ0v) is 31.8.